The normalized spacial score (nSPS) is 12.9. The number of aryl methyl sites for hydroxylation is 3. The molecule has 0 aliphatic rings. The standard InChI is InChI=1S/C25H30O9S3Si/c1-20-5-11-23(12-6-20)35(26,27)32-17-38(4,18-33-36(28,29)24-13-7-21(2)8-14-24)19-34-37(30,31)25-15-9-22(3)10-16-25/h5-16H,17-19H2,1-4H3. The van der Waals surface area contributed by atoms with Crippen LogP contribution in [0, 0.1) is 20.8 Å². The zero-order chi connectivity index (χ0) is 28.2. The summed E-state index contributed by atoms with van der Waals surface area (Å²) in [5, 5.41) is 0. The molecular formula is C25H30O9S3Si. The van der Waals surface area contributed by atoms with Gasteiger partial charge in [0, 0.05) is 0 Å². The van der Waals surface area contributed by atoms with Crippen LogP contribution in [0.25, 0.3) is 0 Å². The van der Waals surface area contributed by atoms with Crippen LogP contribution >= 0.6 is 0 Å². The van der Waals surface area contributed by atoms with Crippen LogP contribution in [0.4, 0.5) is 0 Å². The van der Waals surface area contributed by atoms with E-state index in [4.69, 9.17) is 12.5 Å². The molecule has 9 nitrogen and oxygen atoms in total. The Bertz CT molecular complexity index is 1370. The van der Waals surface area contributed by atoms with Gasteiger partial charge in [-0.25, -0.2) is 0 Å². The molecule has 0 aromatic heterocycles. The Labute approximate surface area is 225 Å². The van der Waals surface area contributed by atoms with Crippen LogP contribution < -0.4 is 0 Å². The lowest BCUT2D eigenvalue weighted by Crippen LogP contribution is -2.49. The van der Waals surface area contributed by atoms with E-state index < -0.39 is 57.1 Å². The summed E-state index contributed by atoms with van der Waals surface area (Å²) in [6.07, 6.45) is -1.43. The quantitative estimate of drug-likeness (QED) is 0.226. The first-order valence-electron chi connectivity index (χ1n) is 11.5. The predicted molar refractivity (Wildman–Crippen MR) is 145 cm³/mol. The Morgan fingerprint density at radius 3 is 0.895 bits per heavy atom. The Morgan fingerprint density at radius 2 is 0.684 bits per heavy atom. The number of hydrogen-bond donors (Lipinski definition) is 0. The molecule has 3 aromatic rings. The number of rotatable bonds is 12. The van der Waals surface area contributed by atoms with Gasteiger partial charge in [-0.05, 0) is 57.2 Å². The predicted octanol–water partition coefficient (Wildman–Crippen LogP) is 3.82. The van der Waals surface area contributed by atoms with Crippen LogP contribution in [0.1, 0.15) is 16.7 Å². The first-order valence-corrected chi connectivity index (χ1v) is 18.8. The zero-order valence-electron chi connectivity index (χ0n) is 21.4. The van der Waals surface area contributed by atoms with Crippen molar-refractivity contribution in [3.63, 3.8) is 0 Å². The summed E-state index contributed by atoms with van der Waals surface area (Å²) in [6.45, 7) is 6.96. The molecule has 0 radical (unpaired) electrons. The van der Waals surface area contributed by atoms with Crippen LogP contribution in [0.15, 0.2) is 87.5 Å². The Hall–Kier alpha value is -2.39. The summed E-state index contributed by atoms with van der Waals surface area (Å²) < 4.78 is 92.5. The molecule has 3 aromatic carbocycles. The van der Waals surface area contributed by atoms with E-state index in [2.05, 4.69) is 0 Å². The third kappa shape index (κ3) is 8.05. The Balaban J connectivity index is 1.83. The van der Waals surface area contributed by atoms with Crippen molar-refractivity contribution in [1.29, 1.82) is 0 Å². The molecule has 0 saturated heterocycles. The molecular weight excluding hydrogens is 569 g/mol. The van der Waals surface area contributed by atoms with Crippen molar-refractivity contribution in [2.45, 2.75) is 42.0 Å². The average Bonchev–Trinajstić information content (AvgIpc) is 2.86. The van der Waals surface area contributed by atoms with E-state index in [1.54, 1.807) is 63.7 Å². The van der Waals surface area contributed by atoms with Gasteiger partial charge in [-0.2, -0.15) is 25.3 Å². The van der Waals surface area contributed by atoms with Crippen molar-refractivity contribution in [1.82, 2.24) is 0 Å². The molecule has 0 spiro atoms. The highest BCUT2D eigenvalue weighted by molar-refractivity contribution is 7.87. The molecule has 0 N–H and O–H groups in total. The topological polar surface area (TPSA) is 130 Å². The molecule has 0 amide bonds. The third-order valence-electron chi connectivity index (χ3n) is 5.62. The minimum absolute atomic E-state index is 0.0826. The highest BCUT2D eigenvalue weighted by Gasteiger charge is 2.36. The van der Waals surface area contributed by atoms with Gasteiger partial charge >= 0.3 is 0 Å². The van der Waals surface area contributed by atoms with Crippen LogP contribution in [0.2, 0.25) is 6.55 Å². The summed E-state index contributed by atoms with van der Waals surface area (Å²) in [7, 11) is -15.9. The van der Waals surface area contributed by atoms with Crippen molar-refractivity contribution in [2.75, 3.05) is 18.7 Å². The van der Waals surface area contributed by atoms with E-state index in [1.165, 1.54) is 36.4 Å². The van der Waals surface area contributed by atoms with E-state index >= 15 is 0 Å². The molecule has 0 unspecified atom stereocenters. The zero-order valence-corrected chi connectivity index (χ0v) is 24.9. The van der Waals surface area contributed by atoms with E-state index in [-0.39, 0.29) is 14.7 Å². The summed E-state index contributed by atoms with van der Waals surface area (Å²) in [5.74, 6) is 0. The van der Waals surface area contributed by atoms with Gasteiger partial charge in [0.1, 0.15) is 8.07 Å². The van der Waals surface area contributed by atoms with Crippen molar-refractivity contribution >= 4 is 38.4 Å². The lowest BCUT2D eigenvalue weighted by molar-refractivity contribution is 0.316. The first-order chi connectivity index (χ1) is 17.6. The van der Waals surface area contributed by atoms with Crippen molar-refractivity contribution in [3.05, 3.63) is 89.5 Å². The molecule has 206 valence electrons. The second kappa shape index (κ2) is 11.8. The Kier molecular flexibility index (Phi) is 9.35. The molecule has 0 heterocycles. The summed E-state index contributed by atoms with van der Waals surface area (Å²) >= 11 is 0. The molecule has 3 rings (SSSR count). The fourth-order valence-electron chi connectivity index (χ4n) is 3.10. The van der Waals surface area contributed by atoms with Crippen molar-refractivity contribution < 1.29 is 37.8 Å². The van der Waals surface area contributed by atoms with Crippen molar-refractivity contribution in [2.24, 2.45) is 0 Å². The second-order valence-corrected chi connectivity index (χ2v) is 18.7. The van der Waals surface area contributed by atoms with Crippen molar-refractivity contribution in [3.8, 4) is 0 Å². The first kappa shape index (κ1) is 30.2. The van der Waals surface area contributed by atoms with Gasteiger partial charge in [-0.1, -0.05) is 59.6 Å². The van der Waals surface area contributed by atoms with Gasteiger partial charge in [0.2, 0.25) is 0 Å². The van der Waals surface area contributed by atoms with Crippen LogP contribution in [0.5, 0.6) is 0 Å². The van der Waals surface area contributed by atoms with Gasteiger partial charge in [0.25, 0.3) is 30.4 Å². The second-order valence-electron chi connectivity index (χ2n) is 9.40. The molecule has 38 heavy (non-hydrogen) atoms. The average molecular weight is 599 g/mol. The number of hydrogen-bond acceptors (Lipinski definition) is 9. The lowest BCUT2D eigenvalue weighted by Gasteiger charge is -2.25. The maximum Gasteiger partial charge on any atom is 0.296 e. The molecule has 0 saturated carbocycles. The van der Waals surface area contributed by atoms with E-state index in [1.807, 2.05) is 0 Å². The van der Waals surface area contributed by atoms with Gasteiger partial charge < -0.3 is 0 Å². The fourth-order valence-corrected chi connectivity index (χ4v) is 10.4. The monoisotopic (exact) mass is 598 g/mol. The van der Waals surface area contributed by atoms with Crippen LogP contribution in [-0.4, -0.2) is 52.0 Å². The molecule has 0 atom stereocenters. The lowest BCUT2D eigenvalue weighted by atomic mass is 10.2. The maximum absolute atomic E-state index is 12.8. The van der Waals surface area contributed by atoms with E-state index in [0.717, 1.165) is 16.7 Å². The van der Waals surface area contributed by atoms with Crippen LogP contribution in [0.3, 0.4) is 0 Å². The van der Waals surface area contributed by atoms with Gasteiger partial charge in [0.15, 0.2) is 0 Å². The summed E-state index contributed by atoms with van der Waals surface area (Å²) in [6, 6.07) is 18.0. The highest BCUT2D eigenvalue weighted by Crippen LogP contribution is 2.21. The minimum atomic E-state index is -4.21. The van der Waals surface area contributed by atoms with Gasteiger partial charge in [0.05, 0.1) is 33.4 Å². The smallest absolute Gasteiger partial charge is 0.270 e. The van der Waals surface area contributed by atoms with Gasteiger partial charge in [-0.3, -0.25) is 12.5 Å². The fraction of sp³-hybridized carbons (Fsp3) is 0.280. The Morgan fingerprint density at radius 1 is 0.474 bits per heavy atom. The molecule has 0 aliphatic heterocycles. The summed E-state index contributed by atoms with van der Waals surface area (Å²) in [5.41, 5.74) is 2.56. The van der Waals surface area contributed by atoms with E-state index in [0.29, 0.717) is 0 Å². The SMILES string of the molecule is Cc1ccc(S(=O)(=O)OC[Si](C)(COS(=O)(=O)c2ccc(C)cc2)COS(=O)(=O)c2ccc(C)cc2)cc1. The minimum Gasteiger partial charge on any atom is -0.270 e. The largest absolute Gasteiger partial charge is 0.296 e. The third-order valence-corrected chi connectivity index (χ3v) is 12.6. The molecule has 13 heteroatoms. The molecule has 0 fully saturated rings. The molecule has 0 bridgehead atoms. The summed E-state index contributed by atoms with van der Waals surface area (Å²) in [4.78, 5) is -0.248. The van der Waals surface area contributed by atoms with Crippen LogP contribution in [-0.2, 0) is 42.9 Å². The highest BCUT2D eigenvalue weighted by atomic mass is 32.2. The maximum atomic E-state index is 12.8. The number of benzene rings is 3. The van der Waals surface area contributed by atoms with Gasteiger partial charge in [-0.15, -0.1) is 0 Å². The molecule has 0 aliphatic carbocycles. The van der Waals surface area contributed by atoms with E-state index in [9.17, 15) is 25.3 Å².